The highest BCUT2D eigenvalue weighted by molar-refractivity contribution is 5.75. The van der Waals surface area contributed by atoms with Gasteiger partial charge in [0.25, 0.3) is 0 Å². The number of ether oxygens (including phenoxy) is 1. The number of carboxylic acids is 1. The Hall–Kier alpha value is -2.43. The van der Waals surface area contributed by atoms with Crippen LogP contribution < -0.4 is 4.74 Å². The number of rotatable bonds is 6. The average molecular weight is 366 g/mol. The zero-order valence-corrected chi connectivity index (χ0v) is 15.7. The lowest BCUT2D eigenvalue weighted by Gasteiger charge is -2.26. The summed E-state index contributed by atoms with van der Waals surface area (Å²) in [6.07, 6.45) is 11.1. The molecule has 0 aliphatic heterocycles. The Labute approximate surface area is 159 Å². The lowest BCUT2D eigenvalue weighted by atomic mass is 9.83. The molecule has 0 unspecified atom stereocenters. The molecule has 0 radical (unpaired) electrons. The van der Waals surface area contributed by atoms with Crippen LogP contribution in [0.2, 0.25) is 0 Å². The fourth-order valence-corrected chi connectivity index (χ4v) is 3.99. The van der Waals surface area contributed by atoms with Gasteiger partial charge >= 0.3 is 5.97 Å². The zero-order valence-electron chi connectivity index (χ0n) is 15.7. The number of aromatic nitrogens is 2. The molecule has 0 saturated heterocycles. The van der Waals surface area contributed by atoms with E-state index in [0.717, 1.165) is 35.1 Å². The van der Waals surface area contributed by atoms with Gasteiger partial charge in [-0.1, -0.05) is 19.8 Å². The SMILES string of the molecule is CC1CCC(COc2cncc(-c3ccnc([C@@H]4C[C@H]4C(=O)O)c3)c2)CC1. The average Bonchev–Trinajstić information content (AvgIpc) is 3.49. The van der Waals surface area contributed by atoms with E-state index in [2.05, 4.69) is 16.9 Å². The van der Waals surface area contributed by atoms with Crippen LogP contribution in [0.3, 0.4) is 0 Å². The summed E-state index contributed by atoms with van der Waals surface area (Å²) < 4.78 is 6.03. The molecule has 0 aromatic carbocycles. The van der Waals surface area contributed by atoms with Crippen molar-refractivity contribution < 1.29 is 14.6 Å². The van der Waals surface area contributed by atoms with Crippen molar-refractivity contribution in [1.82, 2.24) is 9.97 Å². The molecule has 5 nitrogen and oxygen atoms in total. The van der Waals surface area contributed by atoms with Crippen molar-refractivity contribution in [3.8, 4) is 16.9 Å². The highest BCUT2D eigenvalue weighted by atomic mass is 16.5. The van der Waals surface area contributed by atoms with E-state index in [0.29, 0.717) is 12.3 Å². The Morgan fingerprint density at radius 3 is 2.74 bits per heavy atom. The number of carbonyl (C=O) groups is 1. The number of pyridine rings is 2. The van der Waals surface area contributed by atoms with Gasteiger partial charge in [-0.3, -0.25) is 14.8 Å². The summed E-state index contributed by atoms with van der Waals surface area (Å²) in [7, 11) is 0. The first kappa shape index (κ1) is 18.0. The van der Waals surface area contributed by atoms with Gasteiger partial charge in [-0.2, -0.15) is 0 Å². The van der Waals surface area contributed by atoms with E-state index < -0.39 is 5.97 Å². The molecule has 27 heavy (non-hydrogen) atoms. The maximum atomic E-state index is 11.1. The third-order valence-electron chi connectivity index (χ3n) is 5.94. The maximum Gasteiger partial charge on any atom is 0.307 e. The van der Waals surface area contributed by atoms with Crippen LogP contribution in [0.1, 0.15) is 50.6 Å². The van der Waals surface area contributed by atoms with Crippen LogP contribution in [-0.2, 0) is 4.79 Å². The van der Waals surface area contributed by atoms with Crippen molar-refractivity contribution >= 4 is 5.97 Å². The predicted molar refractivity (Wildman–Crippen MR) is 103 cm³/mol. The van der Waals surface area contributed by atoms with Gasteiger partial charge in [0, 0.05) is 29.6 Å². The number of aliphatic carboxylic acids is 1. The van der Waals surface area contributed by atoms with E-state index in [1.807, 2.05) is 24.4 Å². The molecule has 2 saturated carbocycles. The second-order valence-corrected chi connectivity index (χ2v) is 8.10. The molecule has 4 rings (SSSR count). The normalized spacial score (nSPS) is 27.1. The van der Waals surface area contributed by atoms with E-state index in [9.17, 15) is 4.79 Å². The van der Waals surface area contributed by atoms with E-state index >= 15 is 0 Å². The summed E-state index contributed by atoms with van der Waals surface area (Å²) in [5.74, 6) is 1.28. The summed E-state index contributed by atoms with van der Waals surface area (Å²) >= 11 is 0. The topological polar surface area (TPSA) is 72.3 Å². The summed E-state index contributed by atoms with van der Waals surface area (Å²) in [6, 6.07) is 5.93. The predicted octanol–water partition coefficient (Wildman–Crippen LogP) is 4.54. The molecule has 2 aromatic rings. The molecule has 2 heterocycles. The van der Waals surface area contributed by atoms with Gasteiger partial charge in [0.15, 0.2) is 0 Å². The van der Waals surface area contributed by atoms with Crippen molar-refractivity contribution in [2.24, 2.45) is 17.8 Å². The van der Waals surface area contributed by atoms with Crippen molar-refractivity contribution in [1.29, 1.82) is 0 Å². The van der Waals surface area contributed by atoms with Crippen molar-refractivity contribution in [2.45, 2.75) is 44.9 Å². The molecule has 2 fully saturated rings. The first-order valence-corrected chi connectivity index (χ1v) is 9.87. The maximum absolute atomic E-state index is 11.1. The number of hydrogen-bond donors (Lipinski definition) is 1. The van der Waals surface area contributed by atoms with Gasteiger partial charge in [0.2, 0.25) is 0 Å². The van der Waals surface area contributed by atoms with E-state index in [1.165, 1.54) is 25.7 Å². The van der Waals surface area contributed by atoms with E-state index in [-0.39, 0.29) is 11.8 Å². The van der Waals surface area contributed by atoms with E-state index in [4.69, 9.17) is 9.84 Å². The second kappa shape index (κ2) is 7.67. The van der Waals surface area contributed by atoms with Crippen LogP contribution in [0.5, 0.6) is 5.75 Å². The summed E-state index contributed by atoms with van der Waals surface area (Å²) in [5, 5.41) is 9.13. The third kappa shape index (κ3) is 4.29. The Morgan fingerprint density at radius 2 is 2.00 bits per heavy atom. The summed E-state index contributed by atoms with van der Waals surface area (Å²) in [4.78, 5) is 19.8. The largest absolute Gasteiger partial charge is 0.492 e. The fraction of sp³-hybridized carbons (Fsp3) is 0.500. The number of hydrogen-bond acceptors (Lipinski definition) is 4. The minimum Gasteiger partial charge on any atom is -0.492 e. The standard InChI is InChI=1S/C22H26N2O3/c1-14-2-4-15(5-3-14)13-27-18-8-17(11-23-12-18)16-6-7-24-21(9-16)19-10-20(19)22(25)26/h6-9,11-12,14-15,19-20H,2-5,10,13H2,1H3,(H,25,26)/t14?,15?,19-,20-/m1/s1. The second-order valence-electron chi connectivity index (χ2n) is 8.10. The third-order valence-corrected chi connectivity index (χ3v) is 5.94. The van der Waals surface area contributed by atoms with Crippen LogP contribution >= 0.6 is 0 Å². The van der Waals surface area contributed by atoms with Gasteiger partial charge in [0.1, 0.15) is 5.75 Å². The molecular formula is C22H26N2O3. The smallest absolute Gasteiger partial charge is 0.307 e. The molecule has 1 N–H and O–H groups in total. The molecule has 0 amide bonds. The van der Waals surface area contributed by atoms with Gasteiger partial charge < -0.3 is 9.84 Å². The molecule has 2 aliphatic rings. The first-order valence-electron chi connectivity index (χ1n) is 9.87. The minimum absolute atomic E-state index is 0.0311. The van der Waals surface area contributed by atoms with Crippen LogP contribution in [0.15, 0.2) is 36.8 Å². The molecule has 2 atom stereocenters. The highest BCUT2D eigenvalue weighted by Gasteiger charge is 2.45. The van der Waals surface area contributed by atoms with Crippen LogP contribution in [-0.4, -0.2) is 27.7 Å². The Balaban J connectivity index is 1.42. The molecule has 2 aliphatic carbocycles. The van der Waals surface area contributed by atoms with Crippen molar-refractivity contribution in [3.05, 3.63) is 42.5 Å². The Bertz CT molecular complexity index is 815. The highest BCUT2D eigenvalue weighted by Crippen LogP contribution is 2.47. The fourth-order valence-electron chi connectivity index (χ4n) is 3.99. The quantitative estimate of drug-likeness (QED) is 0.813. The van der Waals surface area contributed by atoms with Gasteiger partial charge in [-0.15, -0.1) is 0 Å². The van der Waals surface area contributed by atoms with Crippen LogP contribution in [0.25, 0.3) is 11.1 Å². The number of carboxylic acid groups (broad SMARTS) is 1. The monoisotopic (exact) mass is 366 g/mol. The van der Waals surface area contributed by atoms with Crippen LogP contribution in [0, 0.1) is 17.8 Å². The lowest BCUT2D eigenvalue weighted by Crippen LogP contribution is -2.18. The lowest BCUT2D eigenvalue weighted by molar-refractivity contribution is -0.138. The molecular weight excluding hydrogens is 340 g/mol. The van der Waals surface area contributed by atoms with Crippen LogP contribution in [0.4, 0.5) is 0 Å². The van der Waals surface area contributed by atoms with Gasteiger partial charge in [-0.25, -0.2) is 0 Å². The molecule has 5 heteroatoms. The first-order chi connectivity index (χ1) is 13.1. The molecule has 0 spiro atoms. The molecule has 142 valence electrons. The Morgan fingerprint density at radius 1 is 1.19 bits per heavy atom. The van der Waals surface area contributed by atoms with Crippen molar-refractivity contribution in [2.75, 3.05) is 6.61 Å². The zero-order chi connectivity index (χ0) is 18.8. The summed E-state index contributed by atoms with van der Waals surface area (Å²) in [5.41, 5.74) is 2.82. The molecule has 0 bridgehead atoms. The van der Waals surface area contributed by atoms with Gasteiger partial charge in [-0.05, 0) is 54.9 Å². The number of nitrogens with zero attached hydrogens (tertiary/aromatic N) is 2. The Kier molecular flexibility index (Phi) is 5.10. The summed E-state index contributed by atoms with van der Waals surface area (Å²) in [6.45, 7) is 3.08. The van der Waals surface area contributed by atoms with Crippen molar-refractivity contribution in [3.63, 3.8) is 0 Å². The van der Waals surface area contributed by atoms with E-state index in [1.54, 1.807) is 12.4 Å². The minimum atomic E-state index is -0.735. The van der Waals surface area contributed by atoms with Gasteiger partial charge in [0.05, 0.1) is 18.7 Å². The molecule has 2 aromatic heterocycles.